The predicted octanol–water partition coefficient (Wildman–Crippen LogP) is -2.99. The summed E-state index contributed by atoms with van der Waals surface area (Å²) in [5.41, 5.74) is 0. The second kappa shape index (κ2) is 6.05. The maximum atomic E-state index is 11.4. The standard InChI is InChI=1S/C6H14O12P2/c7-2-6(5(10)4(9)3(8)1-16-6)17-20(14,15)18-19(11,12)13/h3-5,7-10H,1-2H2,(H,14,15)(H2,11,12,13)/t3-,4-,5-,6-/m1/s1. The molecule has 7 N–H and O–H groups in total. The molecule has 0 aromatic heterocycles. The number of aliphatic hydroxyl groups excluding tert-OH is 4. The molecule has 1 rings (SSSR count). The van der Waals surface area contributed by atoms with Crippen molar-refractivity contribution in [1.82, 2.24) is 0 Å². The third-order valence-electron chi connectivity index (χ3n) is 2.37. The fraction of sp³-hybridized carbons (Fsp3) is 1.00. The van der Waals surface area contributed by atoms with Crippen molar-refractivity contribution in [3.8, 4) is 0 Å². The fourth-order valence-electron chi connectivity index (χ4n) is 1.48. The molecule has 0 saturated carbocycles. The van der Waals surface area contributed by atoms with Crippen LogP contribution >= 0.6 is 15.6 Å². The van der Waals surface area contributed by atoms with Crippen LogP contribution in [-0.4, -0.2) is 72.4 Å². The summed E-state index contributed by atoms with van der Waals surface area (Å²) in [5, 5.41) is 37.3. The third kappa shape index (κ3) is 4.28. The van der Waals surface area contributed by atoms with Gasteiger partial charge >= 0.3 is 15.6 Å². The Morgan fingerprint density at radius 1 is 1.20 bits per heavy atom. The van der Waals surface area contributed by atoms with Crippen molar-refractivity contribution in [2.24, 2.45) is 0 Å². The molecule has 0 spiro atoms. The summed E-state index contributed by atoms with van der Waals surface area (Å²) in [6.45, 7) is -1.96. The van der Waals surface area contributed by atoms with Gasteiger partial charge in [0.05, 0.1) is 6.61 Å². The maximum Gasteiger partial charge on any atom is 0.483 e. The van der Waals surface area contributed by atoms with E-state index in [0.717, 1.165) is 0 Å². The number of hydrogen-bond donors (Lipinski definition) is 7. The molecular weight excluding hydrogens is 326 g/mol. The van der Waals surface area contributed by atoms with Crippen LogP contribution in [0.4, 0.5) is 0 Å². The number of ether oxygens (including phenoxy) is 1. The quantitative estimate of drug-likeness (QED) is 0.250. The lowest BCUT2D eigenvalue weighted by Gasteiger charge is -2.43. The van der Waals surface area contributed by atoms with Crippen molar-refractivity contribution >= 4 is 15.6 Å². The molecule has 0 aromatic carbocycles. The molecule has 0 amide bonds. The van der Waals surface area contributed by atoms with E-state index in [1.807, 2.05) is 0 Å². The summed E-state index contributed by atoms with van der Waals surface area (Å²) in [6.07, 6.45) is -5.64. The van der Waals surface area contributed by atoms with E-state index >= 15 is 0 Å². The summed E-state index contributed by atoms with van der Waals surface area (Å²) in [5.74, 6) is -2.70. The largest absolute Gasteiger partial charge is 0.483 e. The van der Waals surface area contributed by atoms with E-state index in [1.54, 1.807) is 0 Å². The van der Waals surface area contributed by atoms with Gasteiger partial charge < -0.3 is 39.8 Å². The zero-order chi connectivity index (χ0) is 15.8. The van der Waals surface area contributed by atoms with Gasteiger partial charge in [-0.2, -0.15) is 4.31 Å². The zero-order valence-corrected chi connectivity index (χ0v) is 11.5. The van der Waals surface area contributed by atoms with Crippen LogP contribution in [0.5, 0.6) is 0 Å². The lowest BCUT2D eigenvalue weighted by molar-refractivity contribution is -0.322. The number of phosphoric acid groups is 2. The van der Waals surface area contributed by atoms with Crippen LogP contribution in [0, 0.1) is 0 Å². The van der Waals surface area contributed by atoms with E-state index in [0.29, 0.717) is 0 Å². The predicted molar refractivity (Wildman–Crippen MR) is 57.8 cm³/mol. The molecule has 1 unspecified atom stereocenters. The minimum Gasteiger partial charge on any atom is -0.391 e. The van der Waals surface area contributed by atoms with Gasteiger partial charge in [0.25, 0.3) is 0 Å². The molecule has 1 aliphatic rings. The number of hydrogen-bond acceptors (Lipinski definition) is 9. The van der Waals surface area contributed by atoms with Gasteiger partial charge in [0.1, 0.15) is 24.9 Å². The molecule has 1 heterocycles. The van der Waals surface area contributed by atoms with Gasteiger partial charge in [-0.1, -0.05) is 0 Å². The Morgan fingerprint density at radius 3 is 2.20 bits per heavy atom. The Kier molecular flexibility index (Phi) is 5.48. The van der Waals surface area contributed by atoms with Gasteiger partial charge in [-0.3, -0.25) is 0 Å². The molecule has 120 valence electrons. The number of aliphatic hydroxyl groups is 4. The summed E-state index contributed by atoms with van der Waals surface area (Å²) in [6, 6.07) is 0. The summed E-state index contributed by atoms with van der Waals surface area (Å²) >= 11 is 0. The van der Waals surface area contributed by atoms with Crippen LogP contribution in [0.25, 0.3) is 0 Å². The van der Waals surface area contributed by atoms with Crippen molar-refractivity contribution in [2.45, 2.75) is 24.1 Å². The van der Waals surface area contributed by atoms with Crippen molar-refractivity contribution in [3.05, 3.63) is 0 Å². The highest BCUT2D eigenvalue weighted by atomic mass is 31.3. The second-order valence-corrected chi connectivity index (χ2v) is 6.67. The minimum absolute atomic E-state index is 0.686. The van der Waals surface area contributed by atoms with Crippen LogP contribution in [0.1, 0.15) is 0 Å². The van der Waals surface area contributed by atoms with E-state index in [9.17, 15) is 24.4 Å². The molecule has 14 heteroatoms. The van der Waals surface area contributed by atoms with Crippen LogP contribution < -0.4 is 0 Å². The van der Waals surface area contributed by atoms with E-state index in [1.165, 1.54) is 0 Å². The Hall–Kier alpha value is 0.0600. The molecule has 0 bridgehead atoms. The molecule has 1 aliphatic heterocycles. The van der Waals surface area contributed by atoms with E-state index < -0.39 is 53.0 Å². The third-order valence-corrected chi connectivity index (χ3v) is 4.58. The van der Waals surface area contributed by atoms with Crippen LogP contribution in [-0.2, 0) is 22.7 Å². The van der Waals surface area contributed by atoms with Crippen molar-refractivity contribution < 1.29 is 57.8 Å². The SMILES string of the molecule is O=P(O)(O)OP(=O)(O)O[C@@]1(CO)OC[C@@H](O)[C@@H](O)[C@H]1O. The average molecular weight is 340 g/mol. The van der Waals surface area contributed by atoms with E-state index in [-0.39, 0.29) is 0 Å². The highest BCUT2D eigenvalue weighted by Gasteiger charge is 2.55. The average Bonchev–Trinajstić information content (AvgIpc) is 2.27. The smallest absolute Gasteiger partial charge is 0.391 e. The van der Waals surface area contributed by atoms with E-state index in [2.05, 4.69) is 13.6 Å². The lowest BCUT2D eigenvalue weighted by atomic mass is 9.98. The lowest BCUT2D eigenvalue weighted by Crippen LogP contribution is -2.63. The zero-order valence-electron chi connectivity index (χ0n) is 9.71. The normalized spacial score (nSPS) is 38.5. The molecule has 0 aromatic rings. The molecule has 1 fully saturated rings. The monoisotopic (exact) mass is 340 g/mol. The number of phosphoric ester groups is 1. The van der Waals surface area contributed by atoms with Gasteiger partial charge in [-0.05, 0) is 0 Å². The van der Waals surface area contributed by atoms with Crippen molar-refractivity contribution in [2.75, 3.05) is 13.2 Å². The van der Waals surface area contributed by atoms with E-state index in [4.69, 9.17) is 19.8 Å². The fourth-order valence-corrected chi connectivity index (χ4v) is 3.29. The minimum atomic E-state index is -5.45. The van der Waals surface area contributed by atoms with Gasteiger partial charge in [0.2, 0.25) is 5.79 Å². The van der Waals surface area contributed by atoms with Crippen molar-refractivity contribution in [3.63, 3.8) is 0 Å². The summed E-state index contributed by atoms with van der Waals surface area (Å²) in [4.78, 5) is 26.0. The molecule has 0 aliphatic carbocycles. The Bertz CT molecular complexity index is 434. The molecule has 5 atom stereocenters. The van der Waals surface area contributed by atoms with Gasteiger partial charge in [0, 0.05) is 0 Å². The molecule has 20 heavy (non-hydrogen) atoms. The first-order chi connectivity index (χ1) is 8.92. The highest BCUT2D eigenvalue weighted by molar-refractivity contribution is 7.60. The molecule has 12 nitrogen and oxygen atoms in total. The first-order valence-corrected chi connectivity index (χ1v) is 8.04. The van der Waals surface area contributed by atoms with Crippen LogP contribution in [0.15, 0.2) is 0 Å². The first-order valence-electron chi connectivity index (χ1n) is 5.02. The van der Waals surface area contributed by atoms with Gasteiger partial charge in [-0.25, -0.2) is 13.7 Å². The summed E-state index contributed by atoms with van der Waals surface area (Å²) < 4.78 is 34.2. The number of rotatable bonds is 5. The van der Waals surface area contributed by atoms with Crippen molar-refractivity contribution in [1.29, 1.82) is 0 Å². The summed E-state index contributed by atoms with van der Waals surface area (Å²) in [7, 11) is -10.9. The molecule has 0 radical (unpaired) electrons. The van der Waals surface area contributed by atoms with Crippen LogP contribution in [0.2, 0.25) is 0 Å². The highest BCUT2D eigenvalue weighted by Crippen LogP contribution is 2.60. The Labute approximate surface area is 112 Å². The van der Waals surface area contributed by atoms with Gasteiger partial charge in [0.15, 0.2) is 0 Å². The molecule has 1 saturated heterocycles. The molecular formula is C6H14O12P2. The second-order valence-electron chi connectivity index (χ2n) is 3.92. The Balaban J connectivity index is 2.96. The Morgan fingerprint density at radius 2 is 1.75 bits per heavy atom. The first kappa shape index (κ1) is 18.1. The topological polar surface area (TPSA) is 203 Å². The maximum absolute atomic E-state index is 11.4. The van der Waals surface area contributed by atoms with Crippen LogP contribution in [0.3, 0.4) is 0 Å². The van der Waals surface area contributed by atoms with Gasteiger partial charge in [-0.15, -0.1) is 0 Å².